The molecule has 1 saturated heterocycles. The van der Waals surface area contributed by atoms with Crippen molar-refractivity contribution in [1.82, 2.24) is 24.7 Å². The van der Waals surface area contributed by atoms with Crippen LogP contribution in [-0.2, 0) is 18.4 Å². The summed E-state index contributed by atoms with van der Waals surface area (Å²) in [5.41, 5.74) is 0.812. The van der Waals surface area contributed by atoms with Gasteiger partial charge in [-0.2, -0.15) is 0 Å². The quantitative estimate of drug-likeness (QED) is 0.636. The maximum Gasteiger partial charge on any atom is 0.242 e. The number of amides is 1. The van der Waals surface area contributed by atoms with Crippen molar-refractivity contribution in [3.8, 4) is 0 Å². The van der Waals surface area contributed by atoms with Crippen LogP contribution in [0.4, 0.5) is 5.95 Å². The van der Waals surface area contributed by atoms with E-state index in [1.165, 1.54) is 0 Å². The van der Waals surface area contributed by atoms with Gasteiger partial charge in [-0.15, -0.1) is 0 Å². The molecule has 8 heteroatoms. The van der Waals surface area contributed by atoms with Crippen LogP contribution in [-0.4, -0.2) is 77.0 Å². The first kappa shape index (κ1) is 20.1. The summed E-state index contributed by atoms with van der Waals surface area (Å²) in [7, 11) is 7.69. The highest BCUT2D eigenvalue weighted by atomic mass is 16.2. The second-order valence-electron chi connectivity index (χ2n) is 7.93. The lowest BCUT2D eigenvalue weighted by atomic mass is 9.96. The summed E-state index contributed by atoms with van der Waals surface area (Å²) < 4.78 is 2.05. The van der Waals surface area contributed by atoms with Gasteiger partial charge >= 0.3 is 0 Å². The predicted octanol–water partition coefficient (Wildman–Crippen LogP) is 0.893. The zero-order valence-electron chi connectivity index (χ0n) is 17.4. The van der Waals surface area contributed by atoms with Gasteiger partial charge in [0.25, 0.3) is 0 Å². The Morgan fingerprint density at radius 3 is 2.54 bits per heavy atom. The van der Waals surface area contributed by atoms with Crippen LogP contribution >= 0.6 is 0 Å². The molecule has 1 aromatic rings. The molecule has 146 valence electrons. The molecule has 0 unspecified atom stereocenters. The molecule has 1 aliphatic heterocycles. The monoisotopic (exact) mass is 363 g/mol. The van der Waals surface area contributed by atoms with Crippen molar-refractivity contribution < 1.29 is 4.79 Å². The third-order valence-electron chi connectivity index (χ3n) is 4.74. The standard InChI is InChI=1S/C18H33N7O/c1-13(2)25-15(26)11-24(12-18(25,3)4)16(19-5)20-9-14-10-21-17(22(6)7)23(14)8/h10,13H,9,11-12H2,1-8H3,(H,19,20). The molecule has 0 aromatic carbocycles. The van der Waals surface area contributed by atoms with Crippen molar-refractivity contribution in [2.75, 3.05) is 39.1 Å². The summed E-state index contributed by atoms with van der Waals surface area (Å²) in [5, 5.41) is 3.38. The number of nitrogens with zero attached hydrogens (tertiary/aromatic N) is 6. The normalized spacial score (nSPS) is 17.9. The van der Waals surface area contributed by atoms with Gasteiger partial charge in [0.2, 0.25) is 11.9 Å². The Labute approximate surface area is 156 Å². The molecule has 0 saturated carbocycles. The van der Waals surface area contributed by atoms with Crippen molar-refractivity contribution in [2.45, 2.75) is 45.8 Å². The average Bonchev–Trinajstić information content (AvgIpc) is 2.87. The number of carbonyl (C=O) groups is 1. The van der Waals surface area contributed by atoms with Crippen LogP contribution in [0.5, 0.6) is 0 Å². The first-order chi connectivity index (χ1) is 12.1. The molecule has 1 amide bonds. The van der Waals surface area contributed by atoms with Crippen molar-refractivity contribution >= 4 is 17.8 Å². The largest absolute Gasteiger partial charge is 0.351 e. The van der Waals surface area contributed by atoms with Crippen molar-refractivity contribution in [3.05, 3.63) is 11.9 Å². The van der Waals surface area contributed by atoms with E-state index in [1.807, 2.05) is 46.6 Å². The van der Waals surface area contributed by atoms with Crippen molar-refractivity contribution in [3.63, 3.8) is 0 Å². The minimum Gasteiger partial charge on any atom is -0.351 e. The van der Waals surface area contributed by atoms with E-state index in [0.29, 0.717) is 13.1 Å². The highest BCUT2D eigenvalue weighted by molar-refractivity contribution is 5.88. The summed E-state index contributed by atoms with van der Waals surface area (Å²) in [6.07, 6.45) is 1.86. The third kappa shape index (κ3) is 3.94. The summed E-state index contributed by atoms with van der Waals surface area (Å²) in [6, 6.07) is 0.188. The van der Waals surface area contributed by atoms with Gasteiger partial charge in [0, 0.05) is 40.8 Å². The van der Waals surface area contributed by atoms with E-state index in [4.69, 9.17) is 0 Å². The molecular formula is C18H33N7O. The topological polar surface area (TPSA) is 69.0 Å². The lowest BCUT2D eigenvalue weighted by Gasteiger charge is -2.49. The van der Waals surface area contributed by atoms with E-state index in [2.05, 4.69) is 43.0 Å². The van der Waals surface area contributed by atoms with E-state index in [9.17, 15) is 4.79 Å². The van der Waals surface area contributed by atoms with Crippen LogP contribution in [0.2, 0.25) is 0 Å². The summed E-state index contributed by atoms with van der Waals surface area (Å²) >= 11 is 0. The minimum atomic E-state index is -0.244. The van der Waals surface area contributed by atoms with Gasteiger partial charge in [0.1, 0.15) is 0 Å². The van der Waals surface area contributed by atoms with Gasteiger partial charge in [-0.25, -0.2) is 4.98 Å². The number of piperazine rings is 1. The van der Waals surface area contributed by atoms with E-state index < -0.39 is 0 Å². The summed E-state index contributed by atoms with van der Waals surface area (Å²) in [4.78, 5) is 27.5. The number of imidazole rings is 1. The predicted molar refractivity (Wildman–Crippen MR) is 105 cm³/mol. The fourth-order valence-corrected chi connectivity index (χ4v) is 3.83. The third-order valence-corrected chi connectivity index (χ3v) is 4.74. The fourth-order valence-electron chi connectivity index (χ4n) is 3.83. The van der Waals surface area contributed by atoms with Gasteiger partial charge in [-0.1, -0.05) is 0 Å². The van der Waals surface area contributed by atoms with Gasteiger partial charge in [0.15, 0.2) is 5.96 Å². The minimum absolute atomic E-state index is 0.134. The van der Waals surface area contributed by atoms with Crippen LogP contribution in [0.15, 0.2) is 11.2 Å². The molecule has 1 aliphatic rings. The number of guanidine groups is 1. The molecule has 0 spiro atoms. The number of carbonyl (C=O) groups excluding carboxylic acids is 1. The Hall–Kier alpha value is -2.25. The van der Waals surface area contributed by atoms with Crippen LogP contribution in [0.1, 0.15) is 33.4 Å². The second kappa shape index (κ2) is 7.55. The first-order valence-electron chi connectivity index (χ1n) is 9.04. The van der Waals surface area contributed by atoms with Crippen LogP contribution in [0, 0.1) is 0 Å². The van der Waals surface area contributed by atoms with Crippen molar-refractivity contribution in [1.29, 1.82) is 0 Å². The van der Waals surface area contributed by atoms with Gasteiger partial charge in [-0.3, -0.25) is 9.79 Å². The van der Waals surface area contributed by atoms with Gasteiger partial charge in [0.05, 0.1) is 30.5 Å². The Bertz CT molecular complexity index is 675. The number of rotatable bonds is 4. The Morgan fingerprint density at radius 2 is 2.08 bits per heavy atom. The maximum atomic E-state index is 12.7. The molecule has 2 rings (SSSR count). The number of nitrogens with one attached hydrogen (secondary N) is 1. The van der Waals surface area contributed by atoms with Crippen molar-refractivity contribution in [2.24, 2.45) is 12.0 Å². The smallest absolute Gasteiger partial charge is 0.242 e. The number of anilines is 1. The average molecular weight is 364 g/mol. The highest BCUT2D eigenvalue weighted by Gasteiger charge is 2.40. The van der Waals surface area contributed by atoms with Crippen LogP contribution in [0.3, 0.4) is 0 Å². The van der Waals surface area contributed by atoms with E-state index >= 15 is 0 Å². The number of hydrogen-bond donors (Lipinski definition) is 1. The molecule has 1 N–H and O–H groups in total. The number of aromatic nitrogens is 2. The molecule has 0 bridgehead atoms. The second-order valence-corrected chi connectivity index (χ2v) is 7.93. The van der Waals surface area contributed by atoms with E-state index in [1.54, 1.807) is 7.05 Å². The molecule has 1 aromatic heterocycles. The van der Waals surface area contributed by atoms with E-state index in [-0.39, 0.29) is 17.5 Å². The molecule has 1 fully saturated rings. The Kier molecular flexibility index (Phi) is 5.83. The number of hydrogen-bond acceptors (Lipinski definition) is 4. The Balaban J connectivity index is 2.09. The molecule has 8 nitrogen and oxygen atoms in total. The highest BCUT2D eigenvalue weighted by Crippen LogP contribution is 2.24. The van der Waals surface area contributed by atoms with Crippen LogP contribution < -0.4 is 10.2 Å². The van der Waals surface area contributed by atoms with Gasteiger partial charge < -0.3 is 24.6 Å². The maximum absolute atomic E-state index is 12.7. The summed E-state index contributed by atoms with van der Waals surface area (Å²) in [5.74, 6) is 1.77. The number of aliphatic imine (C=N–C) groups is 1. The Morgan fingerprint density at radius 1 is 1.42 bits per heavy atom. The SMILES string of the molecule is CN=C(NCc1cnc(N(C)C)n1C)N1CC(=O)N(C(C)C)C(C)(C)C1. The molecular weight excluding hydrogens is 330 g/mol. The molecule has 2 heterocycles. The molecule has 0 aliphatic carbocycles. The van der Waals surface area contributed by atoms with Crippen LogP contribution in [0.25, 0.3) is 0 Å². The summed E-state index contributed by atoms with van der Waals surface area (Å²) in [6.45, 7) is 10.0. The molecule has 0 radical (unpaired) electrons. The molecule has 26 heavy (non-hydrogen) atoms. The molecule has 0 atom stereocenters. The lowest BCUT2D eigenvalue weighted by Crippen LogP contribution is -2.66. The fraction of sp³-hybridized carbons (Fsp3) is 0.722. The zero-order chi connectivity index (χ0) is 19.6. The first-order valence-corrected chi connectivity index (χ1v) is 9.04. The zero-order valence-corrected chi connectivity index (χ0v) is 17.4. The van der Waals surface area contributed by atoms with Gasteiger partial charge in [-0.05, 0) is 27.7 Å². The lowest BCUT2D eigenvalue weighted by molar-refractivity contribution is -0.145. The van der Waals surface area contributed by atoms with E-state index in [0.717, 1.165) is 24.1 Å².